The molecule has 6 aromatic carbocycles. The SMILES string of the molecule is C.C.C.CC[C@@H](NCc1ccccc1)C(=O)OC.CC[C@@H]1C(=O)NC2(CC2)C(=O)N1Cc1ccccc1.CC[C@@H]1CN(C(=O)C(F)(F)F)C2(CC2)CN1Cc1ccccc1.CC[C@H](C(=O)OC)N(Cc1ccccc1)C(=O)C1(NC(=O)OCc2ccccc2)CC1.CC[C@H]1CCC2(CC2)N(C(=O)C(F)(F)F)C1.Cl.O=C(NC1(C(=O)O)CC1)OCc1ccccc1. The molecule has 14 rings (SSSR count). The molecule has 0 bridgehead atoms. The van der Waals surface area contributed by atoms with Gasteiger partial charge in [-0.25, -0.2) is 19.2 Å². The van der Waals surface area contributed by atoms with Crippen LogP contribution in [0.15, 0.2) is 182 Å². The van der Waals surface area contributed by atoms with E-state index in [1.165, 1.54) is 24.7 Å². The number of rotatable bonds is 25. The molecule has 5 saturated carbocycles. The fraction of sp³-hybridized carbons (Fsp3) is 0.511. The van der Waals surface area contributed by atoms with Crippen LogP contribution in [0.1, 0.15) is 199 Å². The highest BCUT2D eigenvalue weighted by molar-refractivity contribution is 6.02. The molecule has 125 heavy (non-hydrogen) atoms. The molecule has 5 aliphatic carbocycles. The van der Waals surface area contributed by atoms with Crippen molar-refractivity contribution in [3.05, 3.63) is 215 Å². The number of piperidine rings is 1. The Morgan fingerprint density at radius 2 is 0.936 bits per heavy atom. The zero-order valence-corrected chi connectivity index (χ0v) is 71.0. The molecule has 0 unspecified atom stereocenters. The number of hydrogen-bond acceptors (Lipinski definition) is 16. The maximum absolute atomic E-state index is 13.5. The van der Waals surface area contributed by atoms with Crippen molar-refractivity contribution in [3.8, 4) is 0 Å². The summed E-state index contributed by atoms with van der Waals surface area (Å²) in [5.74, 6) is -4.98. The minimum atomic E-state index is -4.78. The number of halogens is 7. The number of alkyl halides is 6. The molecule has 3 aliphatic heterocycles. The first-order valence-electron chi connectivity index (χ1n) is 41.5. The summed E-state index contributed by atoms with van der Waals surface area (Å²) in [5.41, 5.74) is 2.25. The molecule has 5 N–H and O–H groups in total. The third-order valence-electron chi connectivity index (χ3n) is 23.4. The zero-order chi connectivity index (χ0) is 87.8. The second kappa shape index (κ2) is 47.7. The lowest BCUT2D eigenvalue weighted by molar-refractivity contribution is -0.193. The highest BCUT2D eigenvalue weighted by atomic mass is 35.5. The zero-order valence-electron chi connectivity index (χ0n) is 70.2. The third-order valence-corrected chi connectivity index (χ3v) is 23.4. The highest BCUT2D eigenvalue weighted by Gasteiger charge is 2.62. The normalized spacial score (nSPS) is 19.0. The van der Waals surface area contributed by atoms with Gasteiger partial charge in [0.15, 0.2) is 0 Å². The number of aliphatic carboxylic acids is 1. The molecule has 0 radical (unpaired) electrons. The Morgan fingerprint density at radius 1 is 0.512 bits per heavy atom. The van der Waals surface area contributed by atoms with Gasteiger partial charge in [0, 0.05) is 57.4 Å². The second-order valence-corrected chi connectivity index (χ2v) is 32.0. The second-order valence-electron chi connectivity index (χ2n) is 32.0. The molecule has 24 nitrogen and oxygen atoms in total. The van der Waals surface area contributed by atoms with Gasteiger partial charge in [-0.15, -0.1) is 12.4 Å². The van der Waals surface area contributed by atoms with Crippen LogP contribution >= 0.6 is 12.4 Å². The van der Waals surface area contributed by atoms with Gasteiger partial charge in [-0.05, 0) is 142 Å². The number of amides is 7. The number of nitrogens with one attached hydrogen (secondary N) is 4. The minimum Gasteiger partial charge on any atom is -0.480 e. The number of alkyl carbamates (subject to hydrolysis) is 2. The van der Waals surface area contributed by atoms with Gasteiger partial charge in [0.05, 0.1) is 19.8 Å². The van der Waals surface area contributed by atoms with Gasteiger partial charge in [0.1, 0.15) is 48.0 Å². The minimum absolute atomic E-state index is 0. The first kappa shape index (κ1) is 105. The number of carbonyl (C=O) groups is 10. The van der Waals surface area contributed by atoms with Crippen molar-refractivity contribution < 1.29 is 98.3 Å². The Kier molecular flexibility index (Phi) is 40.0. The van der Waals surface area contributed by atoms with Crippen LogP contribution in [-0.2, 0) is 96.7 Å². The number of carboxylic acids is 1. The van der Waals surface area contributed by atoms with Crippen LogP contribution < -0.4 is 21.3 Å². The van der Waals surface area contributed by atoms with E-state index in [9.17, 15) is 74.3 Å². The maximum atomic E-state index is 13.5. The molecule has 3 saturated heterocycles. The lowest BCUT2D eigenvalue weighted by Gasteiger charge is -2.47. The summed E-state index contributed by atoms with van der Waals surface area (Å²) in [6.45, 7) is 13.1. The predicted molar refractivity (Wildman–Crippen MR) is 466 cm³/mol. The highest BCUT2D eigenvalue weighted by Crippen LogP contribution is 2.52. The van der Waals surface area contributed by atoms with Gasteiger partial charge in [0.2, 0.25) is 17.7 Å². The van der Waals surface area contributed by atoms with Crippen molar-refractivity contribution in [2.24, 2.45) is 5.92 Å². The number of methoxy groups -OCH3 is 2. The van der Waals surface area contributed by atoms with E-state index in [0.717, 1.165) is 102 Å². The maximum Gasteiger partial charge on any atom is 0.471 e. The molecule has 3 spiro atoms. The van der Waals surface area contributed by atoms with E-state index in [0.29, 0.717) is 71.0 Å². The van der Waals surface area contributed by atoms with Crippen LogP contribution in [0.4, 0.5) is 35.9 Å². The van der Waals surface area contributed by atoms with Crippen molar-refractivity contribution in [1.29, 1.82) is 0 Å². The average Bonchev–Trinajstić information content (AvgIpc) is 1.58. The van der Waals surface area contributed by atoms with Crippen molar-refractivity contribution in [1.82, 2.24) is 45.8 Å². The summed E-state index contributed by atoms with van der Waals surface area (Å²) in [6.07, 6.45) is 0.501. The number of benzene rings is 6. The van der Waals surface area contributed by atoms with E-state index in [-0.39, 0.29) is 115 Å². The van der Waals surface area contributed by atoms with E-state index in [1.54, 1.807) is 4.90 Å². The predicted octanol–water partition coefficient (Wildman–Crippen LogP) is 16.4. The summed E-state index contributed by atoms with van der Waals surface area (Å²) >= 11 is 0. The van der Waals surface area contributed by atoms with E-state index >= 15 is 0 Å². The number of likely N-dealkylation sites (tertiary alicyclic amines) is 1. The van der Waals surface area contributed by atoms with Gasteiger partial charge in [-0.2, -0.15) is 26.3 Å². The quantitative estimate of drug-likeness (QED) is 0.0202. The fourth-order valence-electron chi connectivity index (χ4n) is 15.2. The van der Waals surface area contributed by atoms with E-state index in [1.807, 2.05) is 217 Å². The molecule has 8 fully saturated rings. The van der Waals surface area contributed by atoms with Crippen LogP contribution in [0.25, 0.3) is 0 Å². The average molecular weight is 1770 g/mol. The van der Waals surface area contributed by atoms with Crippen LogP contribution in [0, 0.1) is 5.92 Å². The van der Waals surface area contributed by atoms with Crippen molar-refractivity contribution in [2.45, 2.75) is 270 Å². The standard InChI is InChI=1S/C24H28N2O5.C17H21F3N2O.C15H18N2O2.C12H13NO4.C12H17NO2.C11H16F3NO.3CH4.ClH/c1-3-20(21(27)30-2)26(16-18-10-6-4-7-11-18)22(28)24(14-15-24)25-23(29)31-17-19-12-8-5-9-13-19;1-2-14-11-22(15(23)17(18,19)20)16(8-9-16)12-21(14)10-13-6-4-3-5-7-13;1-2-12-13(18)16-15(8-9-15)14(19)17(12)10-11-6-4-3-5-7-11;14-10(15)12(6-7-12)13-11(16)17-8-9-4-2-1-3-5-9;1-3-11(12(14)15-2)13-9-10-7-5-4-6-8-10;1-2-8-3-4-10(5-6-10)15(7-8)9(16)11(12,13)14;;;;/h4-13,20H,3,14-17H2,1-2H3,(H,25,29);3-7,14H,2,8-12H2,1H3;3-7,12H,2,8-10H2,1H3,(H,16,18);1-5H,6-8H2,(H,13,16)(H,14,15);4-8,11,13H,3,9H2,1-2H3;8H,2-7H2,1H3;3*1H4;1H/t20-;14-;12-;;11-;8-;;;;/m111.10..../s1. The Balaban J connectivity index is 0.000000269. The number of piperazine rings is 2. The Morgan fingerprint density at radius 3 is 1.32 bits per heavy atom. The lowest BCUT2D eigenvalue weighted by atomic mass is 9.89. The Hall–Kier alpha value is -10.6. The molecule has 3 heterocycles. The number of esters is 2. The summed E-state index contributed by atoms with van der Waals surface area (Å²) < 4.78 is 95.8. The Bertz CT molecular complexity index is 4410. The van der Waals surface area contributed by atoms with Gasteiger partial charge in [-0.1, -0.05) is 245 Å². The largest absolute Gasteiger partial charge is 0.480 e. The van der Waals surface area contributed by atoms with E-state index < -0.39 is 82.0 Å². The first-order valence-corrected chi connectivity index (χ1v) is 41.5. The third kappa shape index (κ3) is 29.2. The number of carbonyl (C=O) groups excluding carboxylic acids is 9. The molecule has 6 aromatic rings. The molecule has 5 atom stereocenters. The molecular weight excluding hydrogens is 1640 g/mol. The first-order chi connectivity index (χ1) is 57.8. The van der Waals surface area contributed by atoms with Crippen molar-refractivity contribution in [2.75, 3.05) is 33.9 Å². The van der Waals surface area contributed by atoms with Crippen LogP contribution in [0.2, 0.25) is 0 Å². The molecular formula is C94H126ClF6N9O15. The van der Waals surface area contributed by atoms with Crippen LogP contribution in [0.3, 0.4) is 0 Å². The van der Waals surface area contributed by atoms with Crippen LogP contribution in [0.5, 0.6) is 0 Å². The van der Waals surface area contributed by atoms with E-state index in [4.69, 9.17) is 24.1 Å². The van der Waals surface area contributed by atoms with Gasteiger partial charge < -0.3 is 64.9 Å². The number of carboxylic acid groups (broad SMARTS) is 1. The van der Waals surface area contributed by atoms with Crippen molar-refractivity contribution in [3.63, 3.8) is 0 Å². The van der Waals surface area contributed by atoms with E-state index in [2.05, 4.69) is 26.2 Å². The van der Waals surface area contributed by atoms with Gasteiger partial charge in [-0.3, -0.25) is 33.7 Å². The van der Waals surface area contributed by atoms with Gasteiger partial charge in [0.25, 0.3) is 0 Å². The van der Waals surface area contributed by atoms with Crippen molar-refractivity contribution >= 4 is 72.0 Å². The molecule has 7 amide bonds. The smallest absolute Gasteiger partial charge is 0.471 e. The molecule has 686 valence electrons. The number of hydrogen-bond donors (Lipinski definition) is 5. The molecule has 8 aliphatic rings. The molecule has 31 heteroatoms. The Labute approximate surface area is 737 Å². The summed E-state index contributed by atoms with van der Waals surface area (Å²) in [4.78, 5) is 127. The summed E-state index contributed by atoms with van der Waals surface area (Å²) in [5, 5.41) is 20.0. The summed E-state index contributed by atoms with van der Waals surface area (Å²) in [6, 6.07) is 56.4. The number of ether oxygens (including phenoxy) is 4. The van der Waals surface area contributed by atoms with Gasteiger partial charge >= 0.3 is 54.3 Å². The topological polar surface area (TPSA) is 292 Å². The monoisotopic (exact) mass is 1770 g/mol. The van der Waals surface area contributed by atoms with Crippen LogP contribution in [-0.4, -0.2) is 187 Å². The molecule has 0 aromatic heterocycles. The number of nitrogens with zero attached hydrogens (tertiary/aromatic N) is 5. The fourth-order valence-corrected chi connectivity index (χ4v) is 15.2. The summed E-state index contributed by atoms with van der Waals surface area (Å²) in [7, 11) is 2.72. The lowest BCUT2D eigenvalue weighted by Crippen LogP contribution is -2.64.